The fraction of sp³-hybridized carbons (Fsp3) is 0. The third-order valence-electron chi connectivity index (χ3n) is 22.4. The number of hydrogen-bond donors (Lipinski definition) is 0. The van der Waals surface area contributed by atoms with Crippen LogP contribution in [0.4, 0.5) is 34.1 Å². The van der Waals surface area contributed by atoms with Crippen LogP contribution in [-0.4, -0.2) is 9.13 Å². The fourth-order valence-electron chi connectivity index (χ4n) is 16.5. The SMILES string of the molecule is C(=C\c1ccc(N(c2ccccc2)c2ccc(-n3c4ccc(-c5ccc(-c6ccccc6)cc5)cc4c4cc(-c5ccc(-c6ccccc6)cc5)ccc43)cc2)cc1)/c1ccc(N(c2ccccc2)c2ccc(-n3c4ccc(-c5ccc(-c6ccccc6)cc5)cc4c4cc(-c5ccc(-c6ccccc6)cc5)ccc43)cc2)cc1. The van der Waals surface area contributed by atoms with Gasteiger partial charge in [-0.3, -0.25) is 0 Å². The molecule has 4 nitrogen and oxygen atoms in total. The van der Waals surface area contributed by atoms with Crippen LogP contribution in [0.25, 0.3) is 156 Å². The maximum absolute atomic E-state index is 2.43. The van der Waals surface area contributed by atoms with Crippen LogP contribution in [0.5, 0.6) is 0 Å². The summed E-state index contributed by atoms with van der Waals surface area (Å²) in [4.78, 5) is 4.68. The summed E-state index contributed by atoms with van der Waals surface area (Å²) >= 11 is 0. The number of nitrogens with zero attached hydrogens (tertiary/aromatic N) is 4. The van der Waals surface area contributed by atoms with Gasteiger partial charge in [-0.15, -0.1) is 0 Å². The van der Waals surface area contributed by atoms with Crippen molar-refractivity contribution in [2.24, 2.45) is 0 Å². The van der Waals surface area contributed by atoms with Gasteiger partial charge in [-0.05, 0) is 246 Å². The summed E-state index contributed by atoms with van der Waals surface area (Å²) in [6.45, 7) is 0. The quantitative estimate of drug-likeness (QED) is 0.0796. The second kappa shape index (κ2) is 30.1. The Labute approximate surface area is 664 Å². The standard InChI is InChI=1S/C110H76N4/c1-7-19-79(20-8-1)83-37-45-87(46-38-83)91-53-69-107-103(73-91)104-74-92(88-47-39-84(40-48-88)80-21-9-2-10-22-80)54-70-108(104)113(107)101-65-61-99(62-66-101)111(95-27-15-5-16-28-95)97-57-33-77(34-58-97)31-32-78-35-59-98(60-36-78)112(96-29-17-6-18-30-96)100-63-67-102(68-64-100)114-109-71-55-93(89-49-41-85(42-50-89)81-23-11-3-12-24-81)75-105(109)106-76-94(56-72-110(106)114)90-51-43-86(44-52-90)82-25-13-4-14-26-82/h1-76H/b32-31+. The molecular weight excluding hydrogens is 1380 g/mol. The number of fused-ring (bicyclic) bond motifs is 6. The zero-order chi connectivity index (χ0) is 75.7. The largest absolute Gasteiger partial charge is 0.311 e. The highest BCUT2D eigenvalue weighted by Crippen LogP contribution is 2.44. The number of hydrogen-bond acceptors (Lipinski definition) is 2. The van der Waals surface area contributed by atoms with Crippen molar-refractivity contribution in [2.45, 2.75) is 0 Å². The van der Waals surface area contributed by atoms with E-state index in [0.717, 1.165) is 78.7 Å². The summed E-state index contributed by atoms with van der Waals surface area (Å²) in [7, 11) is 0. The van der Waals surface area contributed by atoms with E-state index in [1.54, 1.807) is 0 Å². The summed E-state index contributed by atoms with van der Waals surface area (Å²) in [5.41, 5.74) is 34.5. The lowest BCUT2D eigenvalue weighted by atomic mass is 9.97. The lowest BCUT2D eigenvalue weighted by Crippen LogP contribution is -2.10. The minimum atomic E-state index is 1.06. The Bertz CT molecular complexity index is 6120. The lowest BCUT2D eigenvalue weighted by Gasteiger charge is -2.26. The van der Waals surface area contributed by atoms with Crippen LogP contribution in [0.15, 0.2) is 449 Å². The summed E-state index contributed by atoms with van der Waals surface area (Å²) in [5.74, 6) is 0. The van der Waals surface area contributed by atoms with Gasteiger partial charge >= 0.3 is 0 Å². The van der Waals surface area contributed by atoms with Crippen molar-refractivity contribution >= 4 is 89.9 Å². The number of anilines is 6. The van der Waals surface area contributed by atoms with Crippen LogP contribution in [-0.2, 0) is 0 Å². The Balaban J connectivity index is 0.577. The van der Waals surface area contributed by atoms with Gasteiger partial charge in [0.25, 0.3) is 0 Å². The minimum Gasteiger partial charge on any atom is -0.311 e. The Morgan fingerprint density at radius 2 is 0.325 bits per heavy atom. The highest BCUT2D eigenvalue weighted by atomic mass is 15.1. The molecule has 0 saturated carbocycles. The third kappa shape index (κ3) is 13.4. The zero-order valence-electron chi connectivity index (χ0n) is 62.7. The smallest absolute Gasteiger partial charge is 0.0541 e. The zero-order valence-corrected chi connectivity index (χ0v) is 62.7. The molecule has 0 aliphatic heterocycles. The van der Waals surface area contributed by atoms with E-state index in [-0.39, 0.29) is 0 Å². The molecule has 20 aromatic rings. The molecule has 0 atom stereocenters. The molecule has 0 aliphatic carbocycles. The second-order valence-corrected chi connectivity index (χ2v) is 29.3. The predicted octanol–water partition coefficient (Wildman–Crippen LogP) is 30.3. The lowest BCUT2D eigenvalue weighted by molar-refractivity contribution is 1.17. The Hall–Kier alpha value is -15.1. The molecular formula is C110H76N4. The summed E-state index contributed by atoms with van der Waals surface area (Å²) in [6, 6.07) is 163. The maximum atomic E-state index is 2.43. The molecule has 0 N–H and O–H groups in total. The van der Waals surface area contributed by atoms with Crippen LogP contribution in [0.3, 0.4) is 0 Å². The van der Waals surface area contributed by atoms with Crippen molar-refractivity contribution in [3.8, 4) is 100 Å². The molecule has 0 unspecified atom stereocenters. The normalized spacial score (nSPS) is 11.5. The molecule has 114 heavy (non-hydrogen) atoms. The van der Waals surface area contributed by atoms with Crippen molar-refractivity contribution in [1.29, 1.82) is 0 Å². The van der Waals surface area contributed by atoms with E-state index in [0.29, 0.717) is 0 Å². The molecule has 2 aromatic heterocycles. The van der Waals surface area contributed by atoms with E-state index in [9.17, 15) is 0 Å². The molecule has 0 bridgehead atoms. The maximum Gasteiger partial charge on any atom is 0.0541 e. The second-order valence-electron chi connectivity index (χ2n) is 29.3. The number of aromatic nitrogens is 2. The minimum absolute atomic E-state index is 1.06. The highest BCUT2D eigenvalue weighted by molar-refractivity contribution is 6.13. The fourth-order valence-corrected chi connectivity index (χ4v) is 16.5. The molecule has 0 amide bonds. The number of benzene rings is 18. The molecule has 18 aromatic carbocycles. The Kier molecular flexibility index (Phi) is 18.0. The van der Waals surface area contributed by atoms with Gasteiger partial charge in [-0.1, -0.05) is 315 Å². The van der Waals surface area contributed by atoms with Crippen molar-refractivity contribution in [1.82, 2.24) is 9.13 Å². The van der Waals surface area contributed by atoms with Crippen molar-refractivity contribution < 1.29 is 0 Å². The van der Waals surface area contributed by atoms with Crippen molar-refractivity contribution in [3.63, 3.8) is 0 Å². The molecule has 0 spiro atoms. The van der Waals surface area contributed by atoms with Gasteiger partial charge in [0.2, 0.25) is 0 Å². The molecule has 0 aliphatic rings. The van der Waals surface area contributed by atoms with Gasteiger partial charge in [0.05, 0.1) is 22.1 Å². The molecule has 0 fully saturated rings. The first-order valence-electron chi connectivity index (χ1n) is 39.1. The molecule has 0 radical (unpaired) electrons. The predicted molar refractivity (Wildman–Crippen MR) is 483 cm³/mol. The van der Waals surface area contributed by atoms with Crippen LogP contribution < -0.4 is 9.80 Å². The van der Waals surface area contributed by atoms with E-state index >= 15 is 0 Å². The van der Waals surface area contributed by atoms with Gasteiger partial charge in [0.1, 0.15) is 0 Å². The molecule has 536 valence electrons. The van der Waals surface area contributed by atoms with Crippen LogP contribution in [0.1, 0.15) is 11.1 Å². The monoisotopic (exact) mass is 1450 g/mol. The molecule has 20 rings (SSSR count). The summed E-state index contributed by atoms with van der Waals surface area (Å²) < 4.78 is 4.85. The van der Waals surface area contributed by atoms with Crippen molar-refractivity contribution in [3.05, 3.63) is 460 Å². The first-order chi connectivity index (χ1) is 56.5. The van der Waals surface area contributed by atoms with Crippen LogP contribution in [0.2, 0.25) is 0 Å². The number of para-hydroxylation sites is 2. The van der Waals surface area contributed by atoms with Crippen LogP contribution in [0, 0.1) is 0 Å². The average Bonchev–Trinajstić information content (AvgIpc) is 1.59. The first-order valence-corrected chi connectivity index (χ1v) is 39.1. The van der Waals surface area contributed by atoms with E-state index < -0.39 is 0 Å². The summed E-state index contributed by atoms with van der Waals surface area (Å²) in [5, 5.41) is 4.82. The van der Waals surface area contributed by atoms with Gasteiger partial charge < -0.3 is 18.9 Å². The Morgan fingerprint density at radius 3 is 0.553 bits per heavy atom. The van der Waals surface area contributed by atoms with Crippen molar-refractivity contribution in [2.75, 3.05) is 9.80 Å². The third-order valence-corrected chi connectivity index (χ3v) is 22.4. The topological polar surface area (TPSA) is 16.3 Å². The van der Waals surface area contributed by atoms with Gasteiger partial charge in [-0.2, -0.15) is 0 Å². The molecule has 0 saturated heterocycles. The average molecular weight is 1450 g/mol. The van der Waals surface area contributed by atoms with Gasteiger partial charge in [0.15, 0.2) is 0 Å². The Morgan fingerprint density at radius 1 is 0.149 bits per heavy atom. The van der Waals surface area contributed by atoms with Gasteiger partial charge in [0, 0.05) is 67.0 Å². The molecule has 4 heteroatoms. The van der Waals surface area contributed by atoms with E-state index in [1.807, 2.05) is 0 Å². The summed E-state index contributed by atoms with van der Waals surface area (Å²) in [6.07, 6.45) is 4.41. The number of rotatable bonds is 18. The van der Waals surface area contributed by atoms with E-state index in [2.05, 4.69) is 480 Å². The van der Waals surface area contributed by atoms with E-state index in [1.165, 1.54) is 111 Å². The van der Waals surface area contributed by atoms with Crippen LogP contribution >= 0.6 is 0 Å². The van der Waals surface area contributed by atoms with E-state index in [4.69, 9.17) is 0 Å². The molecule has 2 heterocycles. The first kappa shape index (κ1) is 68.2. The highest BCUT2D eigenvalue weighted by Gasteiger charge is 2.21. The van der Waals surface area contributed by atoms with Gasteiger partial charge in [-0.25, -0.2) is 0 Å².